The fourth-order valence-electron chi connectivity index (χ4n) is 2.08. The number of azo groups is 1. The summed E-state index contributed by atoms with van der Waals surface area (Å²) in [6, 6.07) is 15.4. The molecular formula is C19H14BrN5O2. The molecule has 0 saturated heterocycles. The van der Waals surface area contributed by atoms with Crippen LogP contribution in [0.5, 0.6) is 5.75 Å². The lowest BCUT2D eigenvalue weighted by Crippen LogP contribution is -2.17. The number of hydrogen-bond acceptors (Lipinski definition) is 6. The van der Waals surface area contributed by atoms with E-state index in [1.165, 1.54) is 18.5 Å². The van der Waals surface area contributed by atoms with Crippen LogP contribution in [-0.2, 0) is 0 Å². The number of nitrogens with one attached hydrogen (secondary N) is 1. The minimum Gasteiger partial charge on any atom is -0.507 e. The van der Waals surface area contributed by atoms with Gasteiger partial charge in [-0.1, -0.05) is 22.0 Å². The number of nitrogens with zero attached hydrogens (tertiary/aromatic N) is 4. The largest absolute Gasteiger partial charge is 0.507 e. The summed E-state index contributed by atoms with van der Waals surface area (Å²) >= 11 is 3.38. The molecule has 0 bridgehead atoms. The molecule has 3 aromatic rings. The Morgan fingerprint density at radius 1 is 1.07 bits per heavy atom. The summed E-state index contributed by atoms with van der Waals surface area (Å²) in [4.78, 5) is 15.8. The zero-order valence-electron chi connectivity index (χ0n) is 14.0. The van der Waals surface area contributed by atoms with Crippen LogP contribution >= 0.6 is 15.9 Å². The van der Waals surface area contributed by atoms with Crippen LogP contribution in [0.3, 0.4) is 0 Å². The Labute approximate surface area is 163 Å². The number of rotatable bonds is 5. The molecule has 3 rings (SSSR count). The van der Waals surface area contributed by atoms with E-state index >= 15 is 0 Å². The summed E-state index contributed by atoms with van der Waals surface area (Å²) < 4.78 is 0.904. The molecule has 27 heavy (non-hydrogen) atoms. The Balaban J connectivity index is 1.70. The lowest BCUT2D eigenvalue weighted by Gasteiger charge is -2.01. The van der Waals surface area contributed by atoms with Gasteiger partial charge in [-0.3, -0.25) is 9.78 Å². The zero-order valence-corrected chi connectivity index (χ0v) is 15.5. The summed E-state index contributed by atoms with van der Waals surface area (Å²) in [5.74, 6) is -0.389. The van der Waals surface area contributed by atoms with Gasteiger partial charge >= 0.3 is 0 Å². The highest BCUT2D eigenvalue weighted by Crippen LogP contribution is 2.25. The Bertz CT molecular complexity index is 1010. The summed E-state index contributed by atoms with van der Waals surface area (Å²) in [6.07, 6.45) is 4.35. The van der Waals surface area contributed by atoms with E-state index in [0.717, 1.165) is 4.47 Å². The van der Waals surface area contributed by atoms with E-state index in [2.05, 4.69) is 41.7 Å². The molecule has 134 valence electrons. The number of aromatic hydroxyl groups is 1. The molecular weight excluding hydrogens is 410 g/mol. The number of benzene rings is 2. The third kappa shape index (κ3) is 5.29. The van der Waals surface area contributed by atoms with Gasteiger partial charge in [0, 0.05) is 22.4 Å². The number of phenols is 1. The minimum atomic E-state index is -0.399. The fraction of sp³-hybridized carbons (Fsp3) is 0. The molecule has 0 spiro atoms. The van der Waals surface area contributed by atoms with Gasteiger partial charge in [0.1, 0.15) is 5.75 Å². The molecule has 0 aliphatic heterocycles. The number of amides is 1. The summed E-state index contributed by atoms with van der Waals surface area (Å²) in [5.41, 5.74) is 4.38. The molecule has 0 radical (unpaired) electrons. The number of hydrogen-bond donors (Lipinski definition) is 2. The number of pyridine rings is 1. The quantitative estimate of drug-likeness (QED) is 0.352. The van der Waals surface area contributed by atoms with E-state index in [9.17, 15) is 9.90 Å². The van der Waals surface area contributed by atoms with Crippen LogP contribution in [0.15, 0.2) is 86.8 Å². The molecule has 0 atom stereocenters. The molecule has 0 aliphatic rings. The number of carbonyl (C=O) groups is 1. The second-order valence-corrected chi connectivity index (χ2v) is 6.28. The van der Waals surface area contributed by atoms with Crippen LogP contribution in [0, 0.1) is 0 Å². The van der Waals surface area contributed by atoms with Crippen molar-refractivity contribution in [2.24, 2.45) is 15.3 Å². The Morgan fingerprint density at radius 2 is 1.89 bits per heavy atom. The van der Waals surface area contributed by atoms with Crippen LogP contribution in [0.4, 0.5) is 11.4 Å². The van der Waals surface area contributed by atoms with E-state index in [1.54, 1.807) is 30.5 Å². The van der Waals surface area contributed by atoms with Gasteiger partial charge in [0.15, 0.2) is 0 Å². The van der Waals surface area contributed by atoms with E-state index in [4.69, 9.17) is 0 Å². The van der Waals surface area contributed by atoms with Gasteiger partial charge in [0.2, 0.25) is 0 Å². The average molecular weight is 424 g/mol. The second kappa shape index (κ2) is 8.81. The Kier molecular flexibility index (Phi) is 6.01. The summed E-state index contributed by atoms with van der Waals surface area (Å²) in [7, 11) is 0. The zero-order chi connectivity index (χ0) is 19.1. The molecule has 1 aromatic heterocycles. The first-order valence-corrected chi connectivity index (χ1v) is 8.65. The van der Waals surface area contributed by atoms with Gasteiger partial charge in [0.05, 0.1) is 23.2 Å². The van der Waals surface area contributed by atoms with Crippen LogP contribution in [0.25, 0.3) is 0 Å². The number of aromatic nitrogens is 1. The van der Waals surface area contributed by atoms with Gasteiger partial charge in [-0.15, -0.1) is 0 Å². The average Bonchev–Trinajstić information content (AvgIpc) is 2.69. The predicted octanol–water partition coefficient (Wildman–Crippen LogP) is 4.73. The maximum atomic E-state index is 11.9. The maximum Gasteiger partial charge on any atom is 0.272 e. The van der Waals surface area contributed by atoms with Crippen molar-refractivity contribution in [3.8, 4) is 5.75 Å². The first-order valence-electron chi connectivity index (χ1n) is 7.85. The number of halogens is 1. The monoisotopic (exact) mass is 423 g/mol. The third-order valence-corrected chi connectivity index (χ3v) is 3.89. The number of phenolic OH excluding ortho intramolecular Hbond substituents is 1. The van der Waals surface area contributed by atoms with Gasteiger partial charge in [-0.2, -0.15) is 15.3 Å². The molecule has 2 aromatic carbocycles. The topological polar surface area (TPSA) is 99.3 Å². The van der Waals surface area contributed by atoms with Crippen molar-refractivity contribution in [3.05, 3.63) is 82.6 Å². The minimum absolute atomic E-state index is 0.00998. The SMILES string of the molecule is O=C(NN=Cc1cc(N=Nc2cccc(Br)c2)ccc1O)c1cccnc1. The molecule has 0 fully saturated rings. The van der Waals surface area contributed by atoms with E-state index < -0.39 is 5.91 Å². The van der Waals surface area contributed by atoms with Crippen molar-refractivity contribution >= 4 is 39.4 Å². The Hall–Kier alpha value is -3.39. The fourth-order valence-corrected chi connectivity index (χ4v) is 2.47. The summed E-state index contributed by atoms with van der Waals surface area (Å²) in [6.45, 7) is 0. The molecule has 0 unspecified atom stereocenters. The number of carbonyl (C=O) groups excluding carboxylic acids is 1. The van der Waals surface area contributed by atoms with E-state index in [0.29, 0.717) is 22.5 Å². The van der Waals surface area contributed by atoms with Crippen LogP contribution in [-0.4, -0.2) is 22.2 Å². The molecule has 1 heterocycles. The first-order chi connectivity index (χ1) is 13.1. The van der Waals surface area contributed by atoms with Crippen LogP contribution < -0.4 is 5.43 Å². The van der Waals surface area contributed by atoms with Crippen LogP contribution in [0.1, 0.15) is 15.9 Å². The molecule has 1 amide bonds. The van der Waals surface area contributed by atoms with Crippen LogP contribution in [0.2, 0.25) is 0 Å². The lowest BCUT2D eigenvalue weighted by atomic mass is 10.2. The molecule has 7 nitrogen and oxygen atoms in total. The van der Waals surface area contributed by atoms with Crippen molar-refractivity contribution in [3.63, 3.8) is 0 Å². The van der Waals surface area contributed by atoms with Crippen molar-refractivity contribution in [2.45, 2.75) is 0 Å². The van der Waals surface area contributed by atoms with E-state index in [-0.39, 0.29) is 5.75 Å². The lowest BCUT2D eigenvalue weighted by molar-refractivity contribution is 0.0954. The van der Waals surface area contributed by atoms with E-state index in [1.807, 2.05) is 24.3 Å². The molecule has 2 N–H and O–H groups in total. The smallest absolute Gasteiger partial charge is 0.272 e. The Morgan fingerprint density at radius 3 is 2.63 bits per heavy atom. The number of hydrazone groups is 1. The summed E-state index contributed by atoms with van der Waals surface area (Å²) in [5, 5.41) is 22.1. The van der Waals surface area contributed by atoms with Gasteiger partial charge in [-0.05, 0) is 48.5 Å². The predicted molar refractivity (Wildman–Crippen MR) is 106 cm³/mol. The third-order valence-electron chi connectivity index (χ3n) is 3.39. The van der Waals surface area contributed by atoms with Crippen molar-refractivity contribution in [1.82, 2.24) is 10.4 Å². The highest BCUT2D eigenvalue weighted by Gasteiger charge is 2.04. The standard InChI is InChI=1S/C19H14BrN5O2/c20-15-4-1-5-16(10-15)23-24-17-6-7-18(26)14(9-17)12-22-25-19(27)13-3-2-8-21-11-13/h1-12,26H,(H,25,27). The highest BCUT2D eigenvalue weighted by atomic mass is 79.9. The second-order valence-electron chi connectivity index (χ2n) is 5.36. The molecule has 0 aliphatic carbocycles. The molecule has 0 saturated carbocycles. The first kappa shape index (κ1) is 18.4. The van der Waals surface area contributed by atoms with Crippen molar-refractivity contribution < 1.29 is 9.90 Å². The van der Waals surface area contributed by atoms with Gasteiger partial charge in [0.25, 0.3) is 5.91 Å². The highest BCUT2D eigenvalue weighted by molar-refractivity contribution is 9.10. The normalized spacial score (nSPS) is 11.1. The van der Waals surface area contributed by atoms with Crippen molar-refractivity contribution in [1.29, 1.82) is 0 Å². The van der Waals surface area contributed by atoms with Gasteiger partial charge < -0.3 is 5.11 Å². The maximum absolute atomic E-state index is 11.9. The van der Waals surface area contributed by atoms with Gasteiger partial charge in [-0.25, -0.2) is 5.43 Å². The van der Waals surface area contributed by atoms with Crippen molar-refractivity contribution in [2.75, 3.05) is 0 Å². The molecule has 8 heteroatoms.